The van der Waals surface area contributed by atoms with E-state index in [4.69, 9.17) is 4.74 Å². The molecule has 1 saturated carbocycles. The van der Waals surface area contributed by atoms with E-state index in [-0.39, 0.29) is 24.3 Å². The lowest BCUT2D eigenvalue weighted by molar-refractivity contribution is -0.139. The molecule has 1 saturated heterocycles. The number of likely N-dealkylation sites (tertiary alicyclic amines) is 1. The molecule has 9 heteroatoms. The molecule has 0 spiro atoms. The minimum Gasteiger partial charge on any atom is -0.493 e. The van der Waals surface area contributed by atoms with E-state index in [9.17, 15) is 18.0 Å². The minimum atomic E-state index is -4.52. The molecule has 1 amide bonds. The molecule has 150 valence electrons. The summed E-state index contributed by atoms with van der Waals surface area (Å²) in [7, 11) is 0. The second-order valence-corrected chi connectivity index (χ2v) is 7.33. The number of carbonyl (C=O) groups excluding carboxylic acids is 1. The molecular weight excluding hydrogens is 373 g/mol. The number of halogens is 3. The van der Waals surface area contributed by atoms with Crippen LogP contribution in [-0.4, -0.2) is 45.5 Å². The van der Waals surface area contributed by atoms with Gasteiger partial charge in [-0.15, -0.1) is 5.10 Å². The van der Waals surface area contributed by atoms with Gasteiger partial charge in [0, 0.05) is 25.1 Å². The third kappa shape index (κ3) is 3.83. The topological polar surface area (TPSA) is 60.2 Å². The van der Waals surface area contributed by atoms with Crippen molar-refractivity contribution >= 4 is 5.91 Å². The van der Waals surface area contributed by atoms with Gasteiger partial charge in [-0.2, -0.15) is 13.2 Å². The van der Waals surface area contributed by atoms with E-state index in [1.807, 2.05) is 0 Å². The third-order valence-electron chi connectivity index (χ3n) is 5.14. The Kier molecular flexibility index (Phi) is 4.76. The quantitative estimate of drug-likeness (QED) is 0.752. The highest BCUT2D eigenvalue weighted by molar-refractivity contribution is 5.77. The van der Waals surface area contributed by atoms with Crippen molar-refractivity contribution in [2.45, 2.75) is 38.4 Å². The van der Waals surface area contributed by atoms with Crippen molar-refractivity contribution in [2.75, 3.05) is 19.7 Å². The summed E-state index contributed by atoms with van der Waals surface area (Å²) in [5, 5.41) is 8.07. The number of amides is 1. The van der Waals surface area contributed by atoms with Crippen LogP contribution in [0.25, 0.3) is 11.3 Å². The number of carbonyl (C=O) groups is 1. The smallest absolute Gasteiger partial charge is 0.419 e. The third-order valence-corrected chi connectivity index (χ3v) is 5.14. The first-order valence-corrected chi connectivity index (χ1v) is 9.39. The van der Waals surface area contributed by atoms with Gasteiger partial charge in [-0.25, -0.2) is 4.68 Å². The fourth-order valence-electron chi connectivity index (χ4n) is 3.30. The predicted octanol–water partition coefficient (Wildman–Crippen LogP) is 3.55. The highest BCUT2D eigenvalue weighted by atomic mass is 19.4. The summed E-state index contributed by atoms with van der Waals surface area (Å²) in [4.78, 5) is 13.9. The van der Waals surface area contributed by atoms with Crippen LogP contribution < -0.4 is 4.74 Å². The molecule has 4 rings (SSSR count). The number of aromatic nitrogens is 3. The maximum absolute atomic E-state index is 13.3. The number of benzene rings is 1. The van der Waals surface area contributed by atoms with Gasteiger partial charge in [0.2, 0.25) is 5.91 Å². The normalized spacial score (nSPS) is 17.5. The highest BCUT2D eigenvalue weighted by Crippen LogP contribution is 2.39. The lowest BCUT2D eigenvalue weighted by atomic mass is 10.1. The Labute approximate surface area is 160 Å². The average molecular weight is 394 g/mol. The molecule has 1 aromatic carbocycles. The molecule has 1 aliphatic heterocycles. The molecule has 0 atom stereocenters. The van der Waals surface area contributed by atoms with Gasteiger partial charge >= 0.3 is 6.18 Å². The number of hydrogen-bond donors (Lipinski definition) is 0. The molecule has 0 bridgehead atoms. The standard InChI is InChI=1S/C19H21F3N4O2/c1-2-28-17-6-5-13(8-15(17)19(20,21)22)16-11-26(24-23-16)14-9-25(10-14)18(27)7-12-3-4-12/h5-6,8,11-12,14H,2-4,7,9-10H2,1H3. The second kappa shape index (κ2) is 7.10. The van der Waals surface area contributed by atoms with Crippen molar-refractivity contribution in [1.82, 2.24) is 19.9 Å². The maximum Gasteiger partial charge on any atom is 0.419 e. The van der Waals surface area contributed by atoms with Crippen molar-refractivity contribution in [3.05, 3.63) is 30.0 Å². The van der Waals surface area contributed by atoms with Crippen LogP contribution in [0.1, 0.15) is 37.8 Å². The van der Waals surface area contributed by atoms with E-state index in [2.05, 4.69) is 10.3 Å². The van der Waals surface area contributed by atoms with Crippen molar-refractivity contribution < 1.29 is 22.7 Å². The average Bonchev–Trinajstić information content (AvgIpc) is 3.27. The lowest BCUT2D eigenvalue weighted by Crippen LogP contribution is -2.51. The van der Waals surface area contributed by atoms with Crippen LogP contribution in [0.2, 0.25) is 0 Å². The second-order valence-electron chi connectivity index (χ2n) is 7.33. The molecule has 2 aromatic rings. The first kappa shape index (κ1) is 18.8. The van der Waals surface area contributed by atoms with E-state index in [1.54, 1.807) is 28.8 Å². The fraction of sp³-hybridized carbons (Fsp3) is 0.526. The zero-order valence-electron chi connectivity index (χ0n) is 15.4. The summed E-state index contributed by atoms with van der Waals surface area (Å²) in [6.45, 7) is 2.91. The Balaban J connectivity index is 1.46. The number of hydrogen-bond acceptors (Lipinski definition) is 4. The van der Waals surface area contributed by atoms with E-state index < -0.39 is 11.7 Å². The van der Waals surface area contributed by atoms with E-state index >= 15 is 0 Å². The number of ether oxygens (including phenoxy) is 1. The van der Waals surface area contributed by atoms with Crippen LogP contribution in [0.5, 0.6) is 5.75 Å². The zero-order chi connectivity index (χ0) is 19.9. The van der Waals surface area contributed by atoms with Crippen LogP contribution in [-0.2, 0) is 11.0 Å². The largest absolute Gasteiger partial charge is 0.493 e. The maximum atomic E-state index is 13.3. The summed E-state index contributed by atoms with van der Waals surface area (Å²) in [6.07, 6.45) is -0.00721. The molecule has 2 fully saturated rings. The minimum absolute atomic E-state index is 0.00851. The molecule has 0 radical (unpaired) electrons. The summed E-state index contributed by atoms with van der Waals surface area (Å²) in [5.41, 5.74) is -0.152. The predicted molar refractivity (Wildman–Crippen MR) is 94.6 cm³/mol. The lowest BCUT2D eigenvalue weighted by Gasteiger charge is -2.39. The highest BCUT2D eigenvalue weighted by Gasteiger charge is 2.36. The first-order valence-electron chi connectivity index (χ1n) is 9.39. The van der Waals surface area contributed by atoms with Gasteiger partial charge in [0.15, 0.2) is 0 Å². The van der Waals surface area contributed by atoms with Gasteiger partial charge in [0.05, 0.1) is 24.4 Å². The Hall–Kier alpha value is -2.58. The number of alkyl halides is 3. The van der Waals surface area contributed by atoms with Crippen molar-refractivity contribution in [3.8, 4) is 17.0 Å². The van der Waals surface area contributed by atoms with Gasteiger partial charge < -0.3 is 9.64 Å². The SMILES string of the molecule is CCOc1ccc(-c2cn(C3CN(C(=O)CC4CC4)C3)nn2)cc1C(F)(F)F. The van der Waals surface area contributed by atoms with E-state index in [0.717, 1.165) is 18.9 Å². The van der Waals surface area contributed by atoms with Gasteiger partial charge in [0.1, 0.15) is 11.4 Å². The van der Waals surface area contributed by atoms with E-state index in [1.165, 1.54) is 6.07 Å². The Morgan fingerprint density at radius 1 is 1.29 bits per heavy atom. The number of nitrogens with zero attached hydrogens (tertiary/aromatic N) is 4. The van der Waals surface area contributed by atoms with Gasteiger partial charge in [-0.1, -0.05) is 5.21 Å². The molecule has 0 N–H and O–H groups in total. The summed E-state index contributed by atoms with van der Waals surface area (Å²) in [5.74, 6) is 0.516. The molecule has 2 heterocycles. The van der Waals surface area contributed by atoms with Crippen LogP contribution in [0.4, 0.5) is 13.2 Å². The van der Waals surface area contributed by atoms with Gasteiger partial charge in [-0.05, 0) is 43.9 Å². The molecular formula is C19H21F3N4O2. The van der Waals surface area contributed by atoms with Gasteiger partial charge in [-0.3, -0.25) is 4.79 Å². The Morgan fingerprint density at radius 2 is 2.04 bits per heavy atom. The van der Waals surface area contributed by atoms with Gasteiger partial charge in [0.25, 0.3) is 0 Å². The van der Waals surface area contributed by atoms with Crippen LogP contribution in [0.3, 0.4) is 0 Å². The zero-order valence-corrected chi connectivity index (χ0v) is 15.4. The fourth-order valence-corrected chi connectivity index (χ4v) is 3.30. The first-order chi connectivity index (χ1) is 13.3. The number of rotatable bonds is 6. The monoisotopic (exact) mass is 394 g/mol. The van der Waals surface area contributed by atoms with Crippen LogP contribution >= 0.6 is 0 Å². The molecule has 0 unspecified atom stereocenters. The van der Waals surface area contributed by atoms with Crippen LogP contribution in [0, 0.1) is 5.92 Å². The molecule has 2 aliphatic rings. The Morgan fingerprint density at radius 3 is 2.68 bits per heavy atom. The summed E-state index contributed by atoms with van der Waals surface area (Å²) in [6, 6.07) is 3.89. The summed E-state index contributed by atoms with van der Waals surface area (Å²) < 4.78 is 46.7. The van der Waals surface area contributed by atoms with Crippen LogP contribution in [0.15, 0.2) is 24.4 Å². The summed E-state index contributed by atoms with van der Waals surface area (Å²) >= 11 is 0. The van der Waals surface area contributed by atoms with E-state index in [0.29, 0.717) is 36.7 Å². The van der Waals surface area contributed by atoms with Crippen molar-refractivity contribution in [1.29, 1.82) is 0 Å². The molecule has 6 nitrogen and oxygen atoms in total. The molecule has 1 aliphatic carbocycles. The van der Waals surface area contributed by atoms with Crippen molar-refractivity contribution in [3.63, 3.8) is 0 Å². The van der Waals surface area contributed by atoms with Crippen molar-refractivity contribution in [2.24, 2.45) is 5.92 Å². The molecule has 28 heavy (non-hydrogen) atoms. The molecule has 1 aromatic heterocycles. The Bertz CT molecular complexity index is 870.